The van der Waals surface area contributed by atoms with E-state index < -0.39 is 0 Å². The number of nitrogens with zero attached hydrogens (tertiary/aromatic N) is 2. The van der Waals surface area contributed by atoms with E-state index in [0.29, 0.717) is 25.1 Å². The fourth-order valence-corrected chi connectivity index (χ4v) is 2.09. The van der Waals surface area contributed by atoms with Crippen LogP contribution >= 0.6 is 0 Å². The van der Waals surface area contributed by atoms with E-state index in [0.717, 1.165) is 5.56 Å². The topological polar surface area (TPSA) is 40.6 Å². The van der Waals surface area contributed by atoms with Gasteiger partial charge in [-0.1, -0.05) is 30.3 Å². The van der Waals surface area contributed by atoms with E-state index in [1.165, 1.54) is 0 Å². The molecule has 0 aliphatic carbocycles. The summed E-state index contributed by atoms with van der Waals surface area (Å²) in [6.45, 7) is 1.04. The summed E-state index contributed by atoms with van der Waals surface area (Å²) in [4.78, 5) is 28.3. The van der Waals surface area contributed by atoms with Gasteiger partial charge in [-0.2, -0.15) is 0 Å². The Morgan fingerprint density at radius 2 is 1.64 bits per heavy atom. The summed E-state index contributed by atoms with van der Waals surface area (Å²) in [6, 6.07) is 9.66. The number of likely N-dealkylation sites (N-methyl/N-ethyl adjacent to an activating group) is 1. The molecule has 1 rings (SSSR count). The van der Waals surface area contributed by atoms with Crippen molar-refractivity contribution in [3.8, 4) is 0 Å². The van der Waals surface area contributed by atoms with Crippen LogP contribution in [0.2, 0.25) is 0 Å². The molecule has 0 N–H and O–H groups in total. The molecule has 1 aromatic rings. The lowest BCUT2D eigenvalue weighted by Gasteiger charge is -2.12. The molecule has 0 radical (unpaired) electrons. The zero-order valence-electron chi connectivity index (χ0n) is 14.0. The van der Waals surface area contributed by atoms with Gasteiger partial charge in [0.05, 0.1) is 6.54 Å². The molecule has 0 fully saturated rings. The fourth-order valence-electron chi connectivity index (χ4n) is 2.09. The molecule has 4 heteroatoms. The third-order valence-electron chi connectivity index (χ3n) is 3.16. The van der Waals surface area contributed by atoms with Crippen molar-refractivity contribution in [1.29, 1.82) is 0 Å². The Balaban J connectivity index is 2.87. The molecule has 0 aromatic heterocycles. The molecule has 120 valence electrons. The lowest BCUT2D eigenvalue weighted by atomic mass is 9.99. The number of ketones is 2. The Kier molecular flexibility index (Phi) is 7.71. The molecule has 0 atom stereocenters. The SMILES string of the molecule is CN(C)CCC(=O)C(=Cc1ccccc1)CC(=O)CN(C)C. The molecular weight excluding hydrogens is 276 g/mol. The molecule has 1 aromatic carbocycles. The summed E-state index contributed by atoms with van der Waals surface area (Å²) in [7, 11) is 7.58. The van der Waals surface area contributed by atoms with Gasteiger partial charge in [0.2, 0.25) is 0 Å². The van der Waals surface area contributed by atoms with Gasteiger partial charge in [-0.05, 0) is 39.8 Å². The number of carbonyl (C=O) groups excluding carboxylic acids is 2. The zero-order chi connectivity index (χ0) is 16.5. The van der Waals surface area contributed by atoms with Crippen molar-refractivity contribution in [2.24, 2.45) is 0 Å². The van der Waals surface area contributed by atoms with Crippen LogP contribution in [0.3, 0.4) is 0 Å². The van der Waals surface area contributed by atoms with E-state index in [1.807, 2.05) is 74.4 Å². The number of allylic oxidation sites excluding steroid dienone is 1. The highest BCUT2D eigenvalue weighted by atomic mass is 16.1. The summed E-state index contributed by atoms with van der Waals surface area (Å²) in [5.74, 6) is 0.107. The van der Waals surface area contributed by atoms with Gasteiger partial charge < -0.3 is 9.80 Å². The van der Waals surface area contributed by atoms with Crippen LogP contribution in [-0.4, -0.2) is 62.6 Å². The maximum absolute atomic E-state index is 12.4. The van der Waals surface area contributed by atoms with Gasteiger partial charge in [0.25, 0.3) is 0 Å². The van der Waals surface area contributed by atoms with Crippen LogP contribution < -0.4 is 0 Å². The summed E-state index contributed by atoms with van der Waals surface area (Å²) >= 11 is 0. The normalized spacial score (nSPS) is 12.0. The van der Waals surface area contributed by atoms with E-state index in [4.69, 9.17) is 0 Å². The molecule has 0 aliphatic heterocycles. The zero-order valence-corrected chi connectivity index (χ0v) is 14.0. The van der Waals surface area contributed by atoms with Crippen LogP contribution in [0.15, 0.2) is 35.9 Å². The standard InChI is InChI=1S/C18H26N2O2/c1-19(2)11-10-18(22)16(13-17(21)14-20(3)4)12-15-8-6-5-7-9-15/h5-9,12H,10-11,13-14H2,1-4H3. The van der Waals surface area contributed by atoms with Gasteiger partial charge in [0.1, 0.15) is 0 Å². The molecule has 0 unspecified atom stereocenters. The summed E-state index contributed by atoms with van der Waals surface area (Å²) < 4.78 is 0. The molecule has 0 aliphatic rings. The molecule has 0 heterocycles. The molecule has 0 spiro atoms. The van der Waals surface area contributed by atoms with Gasteiger partial charge in [-0.15, -0.1) is 0 Å². The van der Waals surface area contributed by atoms with E-state index >= 15 is 0 Å². The summed E-state index contributed by atoms with van der Waals surface area (Å²) in [6.07, 6.45) is 2.46. The minimum Gasteiger partial charge on any atom is -0.309 e. The van der Waals surface area contributed by atoms with Crippen LogP contribution in [0.1, 0.15) is 18.4 Å². The number of hydrogen-bond acceptors (Lipinski definition) is 4. The minimum atomic E-state index is 0.0460. The largest absolute Gasteiger partial charge is 0.309 e. The quantitative estimate of drug-likeness (QED) is 0.655. The van der Waals surface area contributed by atoms with Crippen molar-refractivity contribution in [2.75, 3.05) is 41.3 Å². The second-order valence-corrected chi connectivity index (χ2v) is 6.01. The van der Waals surface area contributed by atoms with Crippen molar-refractivity contribution in [3.63, 3.8) is 0 Å². The van der Waals surface area contributed by atoms with E-state index in [9.17, 15) is 9.59 Å². The highest BCUT2D eigenvalue weighted by Crippen LogP contribution is 2.13. The van der Waals surface area contributed by atoms with E-state index in [1.54, 1.807) is 0 Å². The van der Waals surface area contributed by atoms with Crippen LogP contribution in [0.4, 0.5) is 0 Å². The maximum Gasteiger partial charge on any atom is 0.160 e. The van der Waals surface area contributed by atoms with Gasteiger partial charge in [-0.25, -0.2) is 0 Å². The third-order valence-corrected chi connectivity index (χ3v) is 3.16. The average Bonchev–Trinajstić information content (AvgIpc) is 2.44. The highest BCUT2D eigenvalue weighted by Gasteiger charge is 2.15. The third kappa shape index (κ3) is 7.29. The number of rotatable bonds is 9. The lowest BCUT2D eigenvalue weighted by Crippen LogP contribution is -2.24. The van der Waals surface area contributed by atoms with Crippen LogP contribution in [0.5, 0.6) is 0 Å². The monoisotopic (exact) mass is 302 g/mol. The van der Waals surface area contributed by atoms with E-state index in [-0.39, 0.29) is 18.0 Å². The Morgan fingerprint density at radius 3 is 2.18 bits per heavy atom. The molecule has 0 bridgehead atoms. The molecule has 0 amide bonds. The predicted octanol–water partition coefficient (Wildman–Crippen LogP) is 2.11. The second-order valence-electron chi connectivity index (χ2n) is 6.01. The summed E-state index contributed by atoms with van der Waals surface area (Å²) in [5, 5.41) is 0. The molecule has 4 nitrogen and oxygen atoms in total. The Bertz CT molecular complexity index is 519. The Labute approximate surface area is 133 Å². The van der Waals surface area contributed by atoms with Crippen molar-refractivity contribution in [3.05, 3.63) is 41.5 Å². The molecule has 22 heavy (non-hydrogen) atoms. The lowest BCUT2D eigenvalue weighted by molar-refractivity contribution is -0.121. The summed E-state index contributed by atoms with van der Waals surface area (Å²) in [5.41, 5.74) is 1.55. The van der Waals surface area contributed by atoms with Crippen molar-refractivity contribution < 1.29 is 9.59 Å². The van der Waals surface area contributed by atoms with Crippen LogP contribution in [-0.2, 0) is 9.59 Å². The first-order valence-corrected chi connectivity index (χ1v) is 7.48. The Hall–Kier alpha value is -1.78. The van der Waals surface area contributed by atoms with Crippen LogP contribution in [0, 0.1) is 0 Å². The van der Waals surface area contributed by atoms with Crippen molar-refractivity contribution >= 4 is 17.6 Å². The number of Topliss-reactive ketones (excluding diaryl/α,β-unsaturated/α-hetero) is 2. The first-order chi connectivity index (χ1) is 10.4. The molecule has 0 saturated carbocycles. The van der Waals surface area contributed by atoms with Gasteiger partial charge in [0, 0.05) is 25.0 Å². The van der Waals surface area contributed by atoms with Gasteiger partial charge in [-0.3, -0.25) is 9.59 Å². The number of hydrogen-bond donors (Lipinski definition) is 0. The van der Waals surface area contributed by atoms with Gasteiger partial charge in [0.15, 0.2) is 11.6 Å². The fraction of sp³-hybridized carbons (Fsp3) is 0.444. The van der Waals surface area contributed by atoms with Crippen molar-refractivity contribution in [1.82, 2.24) is 9.80 Å². The number of carbonyl (C=O) groups is 2. The maximum atomic E-state index is 12.4. The van der Waals surface area contributed by atoms with E-state index in [2.05, 4.69) is 0 Å². The Morgan fingerprint density at radius 1 is 1.00 bits per heavy atom. The highest BCUT2D eigenvalue weighted by molar-refractivity contribution is 6.04. The predicted molar refractivity (Wildman–Crippen MR) is 90.8 cm³/mol. The molecule has 0 saturated heterocycles. The van der Waals surface area contributed by atoms with Crippen molar-refractivity contribution in [2.45, 2.75) is 12.8 Å². The second kappa shape index (κ2) is 9.28. The number of benzene rings is 1. The average molecular weight is 302 g/mol. The molecular formula is C18H26N2O2. The van der Waals surface area contributed by atoms with Crippen LogP contribution in [0.25, 0.3) is 6.08 Å². The minimum absolute atomic E-state index is 0.0460. The first-order valence-electron chi connectivity index (χ1n) is 7.48. The smallest absolute Gasteiger partial charge is 0.160 e. The first kappa shape index (κ1) is 18.3. The van der Waals surface area contributed by atoms with Gasteiger partial charge >= 0.3 is 0 Å².